The van der Waals surface area contributed by atoms with Crippen molar-refractivity contribution < 1.29 is 0 Å². The van der Waals surface area contributed by atoms with Gasteiger partial charge < -0.3 is 0 Å². The molecule has 2 rings (SSSR count). The quantitative estimate of drug-likeness (QED) is 0.757. The van der Waals surface area contributed by atoms with Gasteiger partial charge >= 0.3 is 0 Å². The Bertz CT molecular complexity index is 521. The maximum Gasteiger partial charge on any atom is 0.127 e. The van der Waals surface area contributed by atoms with Crippen LogP contribution in [0.15, 0.2) is 12.4 Å². The number of aryl methyl sites for hydroxylation is 1. The van der Waals surface area contributed by atoms with Gasteiger partial charge in [-0.1, -0.05) is 20.8 Å². The molecule has 4 heteroatoms. The molecule has 98 valence electrons. The molecule has 1 unspecified atom stereocenters. The summed E-state index contributed by atoms with van der Waals surface area (Å²) in [6.07, 6.45) is 4.57. The molecule has 0 bridgehead atoms. The third kappa shape index (κ3) is 3.21. The van der Waals surface area contributed by atoms with Crippen LogP contribution < -0.4 is 0 Å². The number of hydrogen-bond donors (Lipinski definition) is 0. The summed E-state index contributed by atoms with van der Waals surface area (Å²) in [4.78, 5) is 11.2. The molecule has 2 aromatic rings. The standard InChI is InChI=1S/C14H19ClN2S/c1-4-11-7-12-13(6-10(15)5-9(2)3)16-8-17-14(12)18-11/h7-10H,4-6H2,1-3H3. The fraction of sp³-hybridized carbons (Fsp3) is 0.571. The Morgan fingerprint density at radius 2 is 2.11 bits per heavy atom. The van der Waals surface area contributed by atoms with Gasteiger partial charge in [0.2, 0.25) is 0 Å². The number of thiophene rings is 1. The van der Waals surface area contributed by atoms with E-state index in [0.29, 0.717) is 5.92 Å². The van der Waals surface area contributed by atoms with Gasteiger partial charge in [0.1, 0.15) is 11.2 Å². The second-order valence-corrected chi connectivity index (χ2v) is 6.77. The number of fused-ring (bicyclic) bond motifs is 1. The van der Waals surface area contributed by atoms with Crippen molar-refractivity contribution >= 4 is 33.2 Å². The third-order valence-corrected chi connectivity index (χ3v) is 4.47. The molecule has 2 nitrogen and oxygen atoms in total. The van der Waals surface area contributed by atoms with Crippen molar-refractivity contribution in [1.82, 2.24) is 9.97 Å². The van der Waals surface area contributed by atoms with E-state index in [1.165, 1.54) is 10.3 Å². The Morgan fingerprint density at radius 3 is 2.78 bits per heavy atom. The second-order valence-electron chi connectivity index (χ2n) is 5.04. The molecule has 2 heterocycles. The number of hydrogen-bond acceptors (Lipinski definition) is 3. The summed E-state index contributed by atoms with van der Waals surface area (Å²) in [5, 5.41) is 1.35. The summed E-state index contributed by atoms with van der Waals surface area (Å²) in [6.45, 7) is 6.57. The largest absolute Gasteiger partial charge is 0.241 e. The molecule has 0 amide bonds. The summed E-state index contributed by atoms with van der Waals surface area (Å²) in [5.41, 5.74) is 1.09. The minimum atomic E-state index is 0.160. The summed E-state index contributed by atoms with van der Waals surface area (Å²) >= 11 is 8.15. The molecule has 0 saturated heterocycles. The van der Waals surface area contributed by atoms with Crippen LogP contribution in [0.3, 0.4) is 0 Å². The van der Waals surface area contributed by atoms with Crippen molar-refractivity contribution in [3.63, 3.8) is 0 Å². The predicted molar refractivity (Wildman–Crippen MR) is 79.6 cm³/mol. The van der Waals surface area contributed by atoms with Gasteiger partial charge in [-0.05, 0) is 24.8 Å². The number of aromatic nitrogens is 2. The summed E-state index contributed by atoms with van der Waals surface area (Å²) in [7, 11) is 0. The zero-order valence-corrected chi connectivity index (χ0v) is 12.7. The van der Waals surface area contributed by atoms with E-state index in [4.69, 9.17) is 11.6 Å². The van der Waals surface area contributed by atoms with Crippen molar-refractivity contribution in [2.45, 2.75) is 45.4 Å². The van der Waals surface area contributed by atoms with Crippen LogP contribution in [0.5, 0.6) is 0 Å². The molecule has 1 atom stereocenters. The first-order chi connectivity index (χ1) is 8.60. The molecule has 2 aromatic heterocycles. The third-order valence-electron chi connectivity index (χ3n) is 2.95. The van der Waals surface area contributed by atoms with Gasteiger partial charge in [0.15, 0.2) is 0 Å². The Kier molecular flexibility index (Phi) is 4.57. The van der Waals surface area contributed by atoms with Gasteiger partial charge in [-0.25, -0.2) is 9.97 Å². The van der Waals surface area contributed by atoms with Gasteiger partial charge in [0.05, 0.1) is 5.69 Å². The van der Waals surface area contributed by atoms with Crippen molar-refractivity contribution in [1.29, 1.82) is 0 Å². The lowest BCUT2D eigenvalue weighted by Gasteiger charge is -2.11. The second kappa shape index (κ2) is 5.98. The number of alkyl halides is 1. The average Bonchev–Trinajstić information content (AvgIpc) is 2.72. The Morgan fingerprint density at radius 1 is 1.33 bits per heavy atom. The molecule has 0 aliphatic rings. The highest BCUT2D eigenvalue weighted by Gasteiger charge is 2.13. The van der Waals surface area contributed by atoms with E-state index < -0.39 is 0 Å². The molecule has 0 saturated carbocycles. The lowest BCUT2D eigenvalue weighted by Crippen LogP contribution is -2.08. The van der Waals surface area contributed by atoms with E-state index in [2.05, 4.69) is 36.8 Å². The predicted octanol–water partition coefficient (Wildman–Crippen LogP) is 4.45. The lowest BCUT2D eigenvalue weighted by molar-refractivity contribution is 0.559. The highest BCUT2D eigenvalue weighted by Crippen LogP contribution is 2.27. The Hall–Kier alpha value is -0.670. The van der Waals surface area contributed by atoms with E-state index in [0.717, 1.165) is 29.8 Å². The zero-order valence-electron chi connectivity index (χ0n) is 11.1. The first kappa shape index (κ1) is 13.8. The van der Waals surface area contributed by atoms with Gasteiger partial charge in [-0.2, -0.15) is 0 Å². The Labute approximate surface area is 117 Å². The maximum atomic E-state index is 6.39. The lowest BCUT2D eigenvalue weighted by atomic mass is 10.0. The molecule has 18 heavy (non-hydrogen) atoms. The topological polar surface area (TPSA) is 25.8 Å². The van der Waals surface area contributed by atoms with Crippen molar-refractivity contribution in [2.24, 2.45) is 5.92 Å². The highest BCUT2D eigenvalue weighted by atomic mass is 35.5. The van der Waals surface area contributed by atoms with Crippen LogP contribution in [-0.4, -0.2) is 15.3 Å². The number of nitrogens with zero attached hydrogens (tertiary/aromatic N) is 2. The number of rotatable bonds is 5. The van der Waals surface area contributed by atoms with Crippen LogP contribution in [0.25, 0.3) is 10.2 Å². The SMILES string of the molecule is CCc1cc2c(CC(Cl)CC(C)C)ncnc2s1. The van der Waals surface area contributed by atoms with Gasteiger partial charge in [0, 0.05) is 22.1 Å². The number of halogens is 1. The van der Waals surface area contributed by atoms with E-state index in [1.54, 1.807) is 17.7 Å². The summed E-state index contributed by atoms with van der Waals surface area (Å²) < 4.78 is 0. The van der Waals surface area contributed by atoms with Crippen molar-refractivity contribution in [3.8, 4) is 0 Å². The molecular weight excluding hydrogens is 264 g/mol. The molecule has 0 spiro atoms. The van der Waals surface area contributed by atoms with Crippen LogP contribution in [0.2, 0.25) is 0 Å². The maximum absolute atomic E-state index is 6.39. The first-order valence-electron chi connectivity index (χ1n) is 6.46. The molecule has 0 aromatic carbocycles. The van der Waals surface area contributed by atoms with Crippen LogP contribution in [0.4, 0.5) is 0 Å². The van der Waals surface area contributed by atoms with Crippen LogP contribution in [0, 0.1) is 5.92 Å². The average molecular weight is 283 g/mol. The fourth-order valence-electron chi connectivity index (χ4n) is 2.10. The summed E-state index contributed by atoms with van der Waals surface area (Å²) in [6, 6.07) is 2.22. The normalized spacial score (nSPS) is 13.4. The smallest absolute Gasteiger partial charge is 0.127 e. The van der Waals surface area contributed by atoms with E-state index in [1.807, 2.05) is 0 Å². The van der Waals surface area contributed by atoms with Crippen molar-refractivity contribution in [3.05, 3.63) is 23.0 Å². The van der Waals surface area contributed by atoms with Crippen LogP contribution in [-0.2, 0) is 12.8 Å². The van der Waals surface area contributed by atoms with E-state index in [9.17, 15) is 0 Å². The highest BCUT2D eigenvalue weighted by molar-refractivity contribution is 7.18. The molecule has 0 aliphatic carbocycles. The minimum Gasteiger partial charge on any atom is -0.241 e. The molecule has 0 aliphatic heterocycles. The van der Waals surface area contributed by atoms with Gasteiger partial charge in [-0.3, -0.25) is 0 Å². The molecule has 0 radical (unpaired) electrons. The Balaban J connectivity index is 2.24. The van der Waals surface area contributed by atoms with Crippen molar-refractivity contribution in [2.75, 3.05) is 0 Å². The van der Waals surface area contributed by atoms with Gasteiger partial charge in [0.25, 0.3) is 0 Å². The van der Waals surface area contributed by atoms with Crippen LogP contribution >= 0.6 is 22.9 Å². The van der Waals surface area contributed by atoms with E-state index in [-0.39, 0.29) is 5.38 Å². The summed E-state index contributed by atoms with van der Waals surface area (Å²) in [5.74, 6) is 0.624. The molecule has 0 N–H and O–H groups in total. The van der Waals surface area contributed by atoms with E-state index >= 15 is 0 Å². The van der Waals surface area contributed by atoms with Gasteiger partial charge in [-0.15, -0.1) is 22.9 Å². The fourth-order valence-corrected chi connectivity index (χ4v) is 3.55. The van der Waals surface area contributed by atoms with Crippen LogP contribution in [0.1, 0.15) is 37.8 Å². The first-order valence-corrected chi connectivity index (χ1v) is 7.71. The molecule has 0 fully saturated rings. The minimum absolute atomic E-state index is 0.160. The zero-order chi connectivity index (χ0) is 13.1. The molecular formula is C14H19ClN2S. The monoisotopic (exact) mass is 282 g/mol.